The van der Waals surface area contributed by atoms with E-state index < -0.39 is 23.9 Å². The molecule has 2 unspecified atom stereocenters. The monoisotopic (exact) mass is 590 g/mol. The Morgan fingerprint density at radius 1 is 1.07 bits per heavy atom. The van der Waals surface area contributed by atoms with Crippen molar-refractivity contribution in [2.45, 2.75) is 51.7 Å². The molecular formula is C30H40N9O4+. The molecule has 0 radical (unpaired) electrons. The summed E-state index contributed by atoms with van der Waals surface area (Å²) in [5.74, 6) is -1.41. The number of H-pyrrole nitrogens is 1. The van der Waals surface area contributed by atoms with Crippen LogP contribution < -0.4 is 25.3 Å². The Kier molecular flexibility index (Phi) is 9.86. The lowest BCUT2D eigenvalue weighted by molar-refractivity contribution is -0.131. The molecule has 0 spiro atoms. The van der Waals surface area contributed by atoms with Crippen molar-refractivity contribution in [2.75, 3.05) is 32.6 Å². The van der Waals surface area contributed by atoms with Crippen LogP contribution in [-0.2, 0) is 38.6 Å². The van der Waals surface area contributed by atoms with E-state index in [1.165, 1.54) is 4.90 Å². The van der Waals surface area contributed by atoms with Crippen molar-refractivity contribution in [2.24, 2.45) is 5.92 Å². The predicted octanol–water partition coefficient (Wildman–Crippen LogP) is 0.860. The molecule has 0 saturated carbocycles. The number of carbonyl (C=O) groups is 4. The summed E-state index contributed by atoms with van der Waals surface area (Å²) in [5.41, 5.74) is 3.33. The highest BCUT2D eigenvalue weighted by atomic mass is 16.2. The number of hydrogen-bond donors (Lipinski definition) is 4. The van der Waals surface area contributed by atoms with Gasteiger partial charge in [-0.2, -0.15) is 5.21 Å². The highest BCUT2D eigenvalue weighted by molar-refractivity contribution is 6.05. The van der Waals surface area contributed by atoms with Gasteiger partial charge in [0.1, 0.15) is 17.8 Å². The van der Waals surface area contributed by atoms with Gasteiger partial charge in [-0.25, -0.2) is 0 Å². The molecule has 4 N–H and O–H groups in total. The van der Waals surface area contributed by atoms with Gasteiger partial charge >= 0.3 is 0 Å². The molecule has 13 heteroatoms. The fourth-order valence-corrected chi connectivity index (χ4v) is 4.98. The number of aromatic amines is 1. The SMILES string of the molecule is CCC(C)C(NC(=O)Cc1ccccc1)C(=O)NCC(=O)N1c2ccc([N+](C)(C)C)cc2C[C@H]1C(=O)NCc1nn[nH]n1. The maximum absolute atomic E-state index is 13.7. The smallest absolute Gasteiger partial charge is 0.247 e. The largest absolute Gasteiger partial charge is 0.347 e. The van der Waals surface area contributed by atoms with Crippen LogP contribution in [0.1, 0.15) is 37.2 Å². The third-order valence-corrected chi connectivity index (χ3v) is 7.64. The van der Waals surface area contributed by atoms with Crippen LogP contribution in [0.15, 0.2) is 48.5 Å². The number of benzene rings is 2. The van der Waals surface area contributed by atoms with E-state index >= 15 is 0 Å². The van der Waals surface area contributed by atoms with Crippen LogP contribution in [0.3, 0.4) is 0 Å². The van der Waals surface area contributed by atoms with Gasteiger partial charge < -0.3 is 16.0 Å². The number of nitrogens with zero attached hydrogens (tertiary/aromatic N) is 5. The number of hydrogen-bond acceptors (Lipinski definition) is 7. The second-order valence-electron chi connectivity index (χ2n) is 11.7. The Balaban J connectivity index is 1.48. The summed E-state index contributed by atoms with van der Waals surface area (Å²) in [7, 11) is 6.11. The molecule has 3 aromatic rings. The summed E-state index contributed by atoms with van der Waals surface area (Å²) < 4.78 is 0.568. The number of tetrazole rings is 1. The molecule has 13 nitrogen and oxygen atoms in total. The first-order valence-corrected chi connectivity index (χ1v) is 14.4. The van der Waals surface area contributed by atoms with Crippen molar-refractivity contribution in [3.63, 3.8) is 0 Å². The number of quaternary nitrogens is 1. The van der Waals surface area contributed by atoms with Gasteiger partial charge in [-0.15, -0.1) is 10.2 Å². The van der Waals surface area contributed by atoms with Crippen molar-refractivity contribution in [3.05, 3.63) is 65.5 Å². The lowest BCUT2D eigenvalue weighted by Gasteiger charge is -2.27. The molecule has 43 heavy (non-hydrogen) atoms. The Labute approximate surface area is 251 Å². The zero-order valence-electron chi connectivity index (χ0n) is 25.3. The van der Waals surface area contributed by atoms with Crippen molar-refractivity contribution in [1.82, 2.24) is 41.1 Å². The van der Waals surface area contributed by atoms with Gasteiger partial charge in [-0.1, -0.05) is 55.8 Å². The Morgan fingerprint density at radius 2 is 1.81 bits per heavy atom. The summed E-state index contributed by atoms with van der Waals surface area (Å²) in [5, 5.41) is 21.9. The van der Waals surface area contributed by atoms with Crippen molar-refractivity contribution in [1.29, 1.82) is 0 Å². The molecule has 2 aromatic carbocycles. The molecule has 228 valence electrons. The maximum atomic E-state index is 13.7. The summed E-state index contributed by atoms with van der Waals surface area (Å²) in [6.07, 6.45) is 1.10. The average Bonchev–Trinajstić information content (AvgIpc) is 3.64. The van der Waals surface area contributed by atoms with E-state index in [1.54, 1.807) is 0 Å². The maximum Gasteiger partial charge on any atom is 0.247 e. The summed E-state index contributed by atoms with van der Waals surface area (Å²) in [6, 6.07) is 13.4. The van der Waals surface area contributed by atoms with Gasteiger partial charge in [0.15, 0.2) is 5.82 Å². The number of fused-ring (bicyclic) bond motifs is 1. The molecular weight excluding hydrogens is 550 g/mol. The van der Waals surface area contributed by atoms with Gasteiger partial charge in [0, 0.05) is 24.2 Å². The lowest BCUT2D eigenvalue weighted by Crippen LogP contribution is -2.54. The zero-order valence-corrected chi connectivity index (χ0v) is 25.3. The highest BCUT2D eigenvalue weighted by Gasteiger charge is 2.39. The molecule has 0 bridgehead atoms. The van der Waals surface area contributed by atoms with Crippen LogP contribution in [0.25, 0.3) is 0 Å². The minimum Gasteiger partial charge on any atom is -0.347 e. The van der Waals surface area contributed by atoms with Crippen molar-refractivity contribution in [3.8, 4) is 0 Å². The van der Waals surface area contributed by atoms with Crippen molar-refractivity contribution >= 4 is 35.0 Å². The zero-order chi connectivity index (χ0) is 31.1. The standard InChI is InChI=1S/C30H39N9O4/c1-6-19(2)28(33-26(40)14-20-10-8-7-9-11-20)30(43)32-18-27(41)38-23-13-12-22(39(3,4)5)15-21(23)16-24(38)29(42)31-17-25-34-36-37-35-25/h7-13,15,19,24,28H,6,14,16-18H2,1-5H3,(H3-,31,32,33,34,35,36,37,40,42,43)/p+1/t19?,24-,28?/m0/s1. The van der Waals surface area contributed by atoms with Gasteiger partial charge in [0.2, 0.25) is 23.6 Å². The number of rotatable bonds is 12. The lowest BCUT2D eigenvalue weighted by atomic mass is 9.98. The summed E-state index contributed by atoms with van der Waals surface area (Å²) >= 11 is 0. The summed E-state index contributed by atoms with van der Waals surface area (Å²) in [4.78, 5) is 54.5. The van der Waals surface area contributed by atoms with Gasteiger partial charge in [-0.3, -0.25) is 28.6 Å². The van der Waals surface area contributed by atoms with E-state index in [9.17, 15) is 19.2 Å². The Hall–Kier alpha value is -4.65. The molecule has 4 rings (SSSR count). The van der Waals surface area contributed by atoms with E-state index in [-0.39, 0.29) is 37.2 Å². The van der Waals surface area contributed by atoms with Crippen LogP contribution in [0.4, 0.5) is 11.4 Å². The second kappa shape index (κ2) is 13.6. The topological polar surface area (TPSA) is 162 Å². The number of aromatic nitrogens is 4. The number of carbonyl (C=O) groups excluding carboxylic acids is 4. The van der Waals surface area contributed by atoms with E-state index in [0.29, 0.717) is 28.8 Å². The van der Waals surface area contributed by atoms with Crippen molar-refractivity contribution < 1.29 is 19.2 Å². The Bertz CT molecular complexity index is 1440. The fourth-order valence-electron chi connectivity index (χ4n) is 4.98. The second-order valence-corrected chi connectivity index (χ2v) is 11.7. The van der Waals surface area contributed by atoms with Gasteiger partial charge in [0.05, 0.1) is 40.7 Å². The first kappa shape index (κ1) is 31.3. The van der Waals surface area contributed by atoms with E-state index in [0.717, 1.165) is 16.8 Å². The molecule has 0 saturated heterocycles. The average molecular weight is 591 g/mol. The predicted molar refractivity (Wildman–Crippen MR) is 162 cm³/mol. The minimum atomic E-state index is -0.829. The number of anilines is 1. The first-order chi connectivity index (χ1) is 20.5. The van der Waals surface area contributed by atoms with Gasteiger partial charge in [-0.05, 0) is 23.1 Å². The first-order valence-electron chi connectivity index (χ1n) is 14.4. The van der Waals surface area contributed by atoms with E-state index in [1.807, 2.05) is 83.5 Å². The quantitative estimate of drug-likeness (QED) is 0.228. The fraction of sp³-hybridized carbons (Fsp3) is 0.433. The van der Waals surface area contributed by atoms with Gasteiger partial charge in [0.25, 0.3) is 0 Å². The molecule has 3 atom stereocenters. The van der Waals surface area contributed by atoms with Crippen LogP contribution in [0, 0.1) is 5.92 Å². The minimum absolute atomic E-state index is 0.0460. The highest BCUT2D eigenvalue weighted by Crippen LogP contribution is 2.36. The number of amides is 4. The molecule has 4 amide bonds. The van der Waals surface area contributed by atoms with Crippen LogP contribution in [0.5, 0.6) is 0 Å². The van der Waals surface area contributed by atoms with Crippen LogP contribution >= 0.6 is 0 Å². The van der Waals surface area contributed by atoms with E-state index in [4.69, 9.17) is 0 Å². The number of nitrogens with one attached hydrogen (secondary N) is 4. The molecule has 1 aliphatic rings. The summed E-state index contributed by atoms with van der Waals surface area (Å²) in [6.45, 7) is 3.51. The molecule has 2 heterocycles. The van der Waals surface area contributed by atoms with Crippen LogP contribution in [-0.4, -0.2) is 84.0 Å². The van der Waals surface area contributed by atoms with Crippen LogP contribution in [0.2, 0.25) is 0 Å². The molecule has 0 aliphatic carbocycles. The molecule has 0 fully saturated rings. The van der Waals surface area contributed by atoms with E-state index in [2.05, 4.69) is 36.6 Å². The Morgan fingerprint density at radius 3 is 2.47 bits per heavy atom. The third-order valence-electron chi connectivity index (χ3n) is 7.64. The third kappa shape index (κ3) is 7.80. The normalized spacial score (nSPS) is 15.7. The molecule has 1 aromatic heterocycles. The molecule has 1 aliphatic heterocycles.